The summed E-state index contributed by atoms with van der Waals surface area (Å²) in [5.74, 6) is 0. The van der Waals surface area contributed by atoms with Crippen LogP contribution in [-0.4, -0.2) is 12.7 Å². The van der Waals surface area contributed by atoms with Gasteiger partial charge in [-0.15, -0.1) is 0 Å². The van der Waals surface area contributed by atoms with Crippen LogP contribution in [0.1, 0.15) is 42.5 Å². The van der Waals surface area contributed by atoms with Crippen LogP contribution < -0.4 is 0 Å². The zero-order valence-electron chi connectivity index (χ0n) is 11.7. The van der Waals surface area contributed by atoms with Gasteiger partial charge in [0.1, 0.15) is 0 Å². The van der Waals surface area contributed by atoms with Crippen molar-refractivity contribution in [2.45, 2.75) is 43.0 Å². The van der Waals surface area contributed by atoms with Crippen LogP contribution in [0.2, 0.25) is 0 Å². The summed E-state index contributed by atoms with van der Waals surface area (Å²) in [5.41, 5.74) is 1.40. The third kappa shape index (κ3) is 3.24. The van der Waals surface area contributed by atoms with E-state index in [1.165, 1.54) is 35.6 Å². The van der Waals surface area contributed by atoms with Crippen molar-refractivity contribution in [1.29, 1.82) is 0 Å². The molecule has 106 valence electrons. The van der Waals surface area contributed by atoms with Crippen LogP contribution in [-0.2, 0) is 4.74 Å². The lowest BCUT2D eigenvalue weighted by molar-refractivity contribution is 0.0102. The topological polar surface area (TPSA) is 9.23 Å². The molecule has 2 heteroatoms. The maximum atomic E-state index is 5.83. The Bertz CT molecular complexity index is 555. The molecule has 2 unspecified atom stereocenters. The van der Waals surface area contributed by atoms with Crippen LogP contribution in [0.5, 0.6) is 0 Å². The fourth-order valence-electron chi connectivity index (χ4n) is 3.05. The molecular weight excluding hydrogens is 312 g/mol. The van der Waals surface area contributed by atoms with Gasteiger partial charge in [0.2, 0.25) is 0 Å². The first-order valence-corrected chi connectivity index (χ1v) is 8.49. The van der Waals surface area contributed by atoms with Gasteiger partial charge in [0.15, 0.2) is 0 Å². The molecule has 0 aliphatic carbocycles. The molecule has 2 aromatic rings. The highest BCUT2D eigenvalue weighted by Crippen LogP contribution is 2.34. The Labute approximate surface area is 129 Å². The largest absolute Gasteiger partial charge is 0.378 e. The molecule has 2 aromatic carbocycles. The fourth-order valence-corrected chi connectivity index (χ4v) is 3.71. The van der Waals surface area contributed by atoms with E-state index in [1.54, 1.807) is 0 Å². The first-order valence-electron chi connectivity index (χ1n) is 7.58. The molecule has 3 rings (SSSR count). The predicted octanol–water partition coefficient (Wildman–Crippen LogP) is 5.63. The van der Waals surface area contributed by atoms with Crippen LogP contribution in [0.3, 0.4) is 0 Å². The normalized spacial score (nSPS) is 20.9. The number of fused-ring (bicyclic) bond motifs is 1. The van der Waals surface area contributed by atoms with E-state index >= 15 is 0 Å². The molecule has 0 bridgehead atoms. The molecule has 0 spiro atoms. The van der Waals surface area contributed by atoms with Crippen LogP contribution in [0.4, 0.5) is 0 Å². The van der Waals surface area contributed by atoms with Crippen molar-refractivity contribution < 1.29 is 4.74 Å². The lowest BCUT2D eigenvalue weighted by atomic mass is 9.97. The number of ether oxygens (including phenoxy) is 1. The molecule has 1 heterocycles. The molecule has 1 nitrogen and oxygen atoms in total. The van der Waals surface area contributed by atoms with Gasteiger partial charge in [0, 0.05) is 11.4 Å². The van der Waals surface area contributed by atoms with Gasteiger partial charge >= 0.3 is 0 Å². The van der Waals surface area contributed by atoms with Gasteiger partial charge in [0.25, 0.3) is 0 Å². The van der Waals surface area contributed by atoms with Crippen molar-refractivity contribution >= 4 is 26.7 Å². The first kappa shape index (κ1) is 14.1. The fraction of sp³-hybridized carbons (Fsp3) is 0.444. The van der Waals surface area contributed by atoms with Gasteiger partial charge in [0.05, 0.1) is 6.10 Å². The van der Waals surface area contributed by atoms with Gasteiger partial charge in [-0.1, -0.05) is 58.4 Å². The lowest BCUT2D eigenvalue weighted by Gasteiger charge is -2.23. The van der Waals surface area contributed by atoms with Crippen molar-refractivity contribution in [3.8, 4) is 0 Å². The summed E-state index contributed by atoms with van der Waals surface area (Å²) >= 11 is 3.88. The zero-order valence-corrected chi connectivity index (χ0v) is 13.3. The number of alkyl halides is 1. The predicted molar refractivity (Wildman–Crippen MR) is 88.4 cm³/mol. The Morgan fingerprint density at radius 1 is 1.10 bits per heavy atom. The molecule has 1 aliphatic rings. The minimum atomic E-state index is 0.416. The molecule has 1 fully saturated rings. The standard InChI is InChI=1S/C18H21BrO/c19-18(12-11-15-8-3-4-13-20-15)17-10-5-7-14-6-1-2-9-16(14)17/h1-2,5-7,9-10,15,18H,3-4,8,11-13H2. The van der Waals surface area contributed by atoms with Gasteiger partial charge in [-0.05, 0) is 48.4 Å². The number of halogens is 1. The van der Waals surface area contributed by atoms with Crippen molar-refractivity contribution in [1.82, 2.24) is 0 Å². The van der Waals surface area contributed by atoms with Crippen molar-refractivity contribution in [2.24, 2.45) is 0 Å². The molecule has 2 atom stereocenters. The Kier molecular flexibility index (Phi) is 4.74. The average Bonchev–Trinajstić information content (AvgIpc) is 2.53. The highest BCUT2D eigenvalue weighted by molar-refractivity contribution is 9.09. The molecular formula is C18H21BrO. The number of benzene rings is 2. The molecule has 0 aromatic heterocycles. The maximum Gasteiger partial charge on any atom is 0.0575 e. The Balaban J connectivity index is 1.70. The SMILES string of the molecule is BrC(CCC1CCCCO1)c1cccc2ccccc12. The highest BCUT2D eigenvalue weighted by Gasteiger charge is 2.17. The molecule has 0 saturated carbocycles. The second-order valence-electron chi connectivity index (χ2n) is 5.60. The summed E-state index contributed by atoms with van der Waals surface area (Å²) in [5, 5.41) is 2.69. The van der Waals surface area contributed by atoms with E-state index in [-0.39, 0.29) is 0 Å². The summed E-state index contributed by atoms with van der Waals surface area (Å²) in [4.78, 5) is 0.416. The molecule has 20 heavy (non-hydrogen) atoms. The van der Waals surface area contributed by atoms with Gasteiger partial charge in [-0.2, -0.15) is 0 Å². The summed E-state index contributed by atoms with van der Waals surface area (Å²) in [6.45, 7) is 0.950. The van der Waals surface area contributed by atoms with Gasteiger partial charge in [-0.3, -0.25) is 0 Å². The summed E-state index contributed by atoms with van der Waals surface area (Å²) in [7, 11) is 0. The number of rotatable bonds is 4. The lowest BCUT2D eigenvalue weighted by Crippen LogP contribution is -2.19. The third-order valence-corrected chi connectivity index (χ3v) is 5.13. The van der Waals surface area contributed by atoms with E-state index < -0.39 is 0 Å². The Morgan fingerprint density at radius 2 is 1.95 bits per heavy atom. The summed E-state index contributed by atoms with van der Waals surface area (Å²) in [6, 6.07) is 15.2. The monoisotopic (exact) mass is 332 g/mol. The minimum Gasteiger partial charge on any atom is -0.378 e. The maximum absolute atomic E-state index is 5.83. The van der Waals surface area contributed by atoms with Crippen LogP contribution in [0.15, 0.2) is 42.5 Å². The van der Waals surface area contributed by atoms with E-state index in [9.17, 15) is 0 Å². The first-order chi connectivity index (χ1) is 9.84. The molecule has 0 N–H and O–H groups in total. The average molecular weight is 333 g/mol. The van der Waals surface area contributed by atoms with Crippen LogP contribution >= 0.6 is 15.9 Å². The minimum absolute atomic E-state index is 0.416. The summed E-state index contributed by atoms with van der Waals surface area (Å²) < 4.78 is 5.83. The molecule has 1 aliphatic heterocycles. The number of hydrogen-bond donors (Lipinski definition) is 0. The van der Waals surface area contributed by atoms with Crippen LogP contribution in [0, 0.1) is 0 Å². The second kappa shape index (κ2) is 6.73. The Morgan fingerprint density at radius 3 is 2.80 bits per heavy atom. The van der Waals surface area contributed by atoms with Gasteiger partial charge < -0.3 is 4.74 Å². The second-order valence-corrected chi connectivity index (χ2v) is 6.71. The molecule has 1 saturated heterocycles. The van der Waals surface area contributed by atoms with E-state index in [1.807, 2.05) is 0 Å². The highest BCUT2D eigenvalue weighted by atomic mass is 79.9. The van der Waals surface area contributed by atoms with E-state index in [4.69, 9.17) is 4.74 Å². The van der Waals surface area contributed by atoms with Gasteiger partial charge in [-0.25, -0.2) is 0 Å². The molecule has 0 radical (unpaired) electrons. The quantitative estimate of drug-likeness (QED) is 0.659. The van der Waals surface area contributed by atoms with E-state index in [2.05, 4.69) is 58.4 Å². The smallest absolute Gasteiger partial charge is 0.0575 e. The van der Waals surface area contributed by atoms with Crippen molar-refractivity contribution in [3.63, 3.8) is 0 Å². The van der Waals surface area contributed by atoms with Crippen LogP contribution in [0.25, 0.3) is 10.8 Å². The summed E-state index contributed by atoms with van der Waals surface area (Å²) in [6.07, 6.45) is 6.55. The molecule has 0 amide bonds. The van der Waals surface area contributed by atoms with Crippen molar-refractivity contribution in [3.05, 3.63) is 48.0 Å². The third-order valence-electron chi connectivity index (χ3n) is 4.18. The Hall–Kier alpha value is -0.860. The van der Waals surface area contributed by atoms with Crippen molar-refractivity contribution in [2.75, 3.05) is 6.61 Å². The zero-order chi connectivity index (χ0) is 13.8. The number of hydrogen-bond acceptors (Lipinski definition) is 1. The van der Waals surface area contributed by atoms with E-state index in [0.717, 1.165) is 19.4 Å². The van der Waals surface area contributed by atoms with E-state index in [0.29, 0.717) is 10.9 Å².